The Balaban J connectivity index is 2.73. The molecule has 0 bridgehead atoms. The molecule has 0 fully saturated rings. The second-order valence-corrected chi connectivity index (χ2v) is 5.76. The number of nitrogens with two attached hydrogens (primary N) is 1. The van der Waals surface area contributed by atoms with E-state index in [1.165, 1.54) is 27.6 Å². The second-order valence-electron chi connectivity index (χ2n) is 5.76. The van der Waals surface area contributed by atoms with E-state index in [2.05, 4.69) is 57.6 Å². The summed E-state index contributed by atoms with van der Waals surface area (Å²) >= 11 is 0. The standard InChI is InChI=1S/C16H24N2/c1-10(2)13(8-17)14-9-18(5)15-7-11(3)6-12(4)16(14)15/h6-7,9-10,13H,8,17H2,1-5H3. The van der Waals surface area contributed by atoms with Crippen molar-refractivity contribution in [1.29, 1.82) is 0 Å². The largest absolute Gasteiger partial charge is 0.350 e. The maximum absolute atomic E-state index is 5.98. The van der Waals surface area contributed by atoms with E-state index < -0.39 is 0 Å². The third-order valence-electron chi connectivity index (χ3n) is 3.92. The summed E-state index contributed by atoms with van der Waals surface area (Å²) < 4.78 is 2.23. The Bertz CT molecular complexity index is 564. The first-order valence-electron chi connectivity index (χ1n) is 6.72. The van der Waals surface area contributed by atoms with Gasteiger partial charge in [-0.05, 0) is 49.1 Å². The highest BCUT2D eigenvalue weighted by Crippen LogP contribution is 2.33. The lowest BCUT2D eigenvalue weighted by Crippen LogP contribution is -2.17. The highest BCUT2D eigenvalue weighted by atomic mass is 14.9. The number of fused-ring (bicyclic) bond motifs is 1. The molecule has 1 aromatic carbocycles. The fourth-order valence-electron chi connectivity index (χ4n) is 2.98. The molecule has 1 atom stereocenters. The molecule has 2 heteroatoms. The van der Waals surface area contributed by atoms with Gasteiger partial charge < -0.3 is 10.3 Å². The molecule has 0 saturated carbocycles. The molecular formula is C16H24N2. The minimum absolute atomic E-state index is 0.440. The van der Waals surface area contributed by atoms with Crippen molar-refractivity contribution in [2.45, 2.75) is 33.6 Å². The molecule has 1 heterocycles. The molecule has 2 aromatic rings. The number of benzene rings is 1. The van der Waals surface area contributed by atoms with E-state index in [4.69, 9.17) is 5.73 Å². The van der Waals surface area contributed by atoms with E-state index in [1.807, 2.05) is 0 Å². The van der Waals surface area contributed by atoms with Crippen molar-refractivity contribution >= 4 is 10.9 Å². The van der Waals surface area contributed by atoms with Gasteiger partial charge in [0.25, 0.3) is 0 Å². The summed E-state index contributed by atoms with van der Waals surface area (Å²) in [6.45, 7) is 9.57. The van der Waals surface area contributed by atoms with Gasteiger partial charge in [0.15, 0.2) is 0 Å². The van der Waals surface area contributed by atoms with Gasteiger partial charge in [0.05, 0.1) is 0 Å². The monoisotopic (exact) mass is 244 g/mol. The molecule has 0 radical (unpaired) electrons. The van der Waals surface area contributed by atoms with Gasteiger partial charge in [-0.1, -0.05) is 19.9 Å². The molecule has 0 aliphatic heterocycles. The molecule has 0 aliphatic carbocycles. The fraction of sp³-hybridized carbons (Fsp3) is 0.500. The zero-order chi connectivity index (χ0) is 13.4. The van der Waals surface area contributed by atoms with Gasteiger partial charge in [-0.15, -0.1) is 0 Å². The minimum Gasteiger partial charge on any atom is -0.350 e. The molecule has 0 amide bonds. The topological polar surface area (TPSA) is 30.9 Å². The molecule has 0 aliphatic rings. The highest BCUT2D eigenvalue weighted by molar-refractivity contribution is 5.88. The van der Waals surface area contributed by atoms with Crippen LogP contribution in [0.5, 0.6) is 0 Å². The smallest absolute Gasteiger partial charge is 0.0486 e. The quantitative estimate of drug-likeness (QED) is 0.880. The lowest BCUT2D eigenvalue weighted by Gasteiger charge is -2.19. The number of hydrogen-bond acceptors (Lipinski definition) is 1. The third-order valence-corrected chi connectivity index (χ3v) is 3.92. The summed E-state index contributed by atoms with van der Waals surface area (Å²) in [6, 6.07) is 4.53. The van der Waals surface area contributed by atoms with Crippen LogP contribution >= 0.6 is 0 Å². The van der Waals surface area contributed by atoms with Crippen LogP contribution < -0.4 is 5.73 Å². The summed E-state index contributed by atoms with van der Waals surface area (Å²) in [5.74, 6) is 1.01. The predicted octanol–water partition coefficient (Wildman–Crippen LogP) is 3.49. The zero-order valence-corrected chi connectivity index (χ0v) is 12.1. The SMILES string of the molecule is Cc1cc(C)c2c(C(CN)C(C)C)cn(C)c2c1. The van der Waals surface area contributed by atoms with Crippen LogP contribution in [0.15, 0.2) is 18.3 Å². The number of rotatable bonds is 3. The Labute approximate surface area is 110 Å². The first-order chi connectivity index (χ1) is 8.45. The fourth-order valence-corrected chi connectivity index (χ4v) is 2.98. The molecule has 2 rings (SSSR count). The number of nitrogens with zero attached hydrogens (tertiary/aromatic N) is 1. The van der Waals surface area contributed by atoms with E-state index >= 15 is 0 Å². The molecule has 98 valence electrons. The van der Waals surface area contributed by atoms with Crippen molar-refractivity contribution in [3.05, 3.63) is 35.0 Å². The van der Waals surface area contributed by atoms with Gasteiger partial charge in [-0.2, -0.15) is 0 Å². The minimum atomic E-state index is 0.440. The molecule has 0 spiro atoms. The average Bonchev–Trinajstić information content (AvgIpc) is 2.57. The predicted molar refractivity (Wildman–Crippen MR) is 79.0 cm³/mol. The Morgan fingerprint density at radius 3 is 2.44 bits per heavy atom. The van der Waals surface area contributed by atoms with Gasteiger partial charge >= 0.3 is 0 Å². The van der Waals surface area contributed by atoms with Crippen molar-refractivity contribution in [3.8, 4) is 0 Å². The summed E-state index contributed by atoms with van der Waals surface area (Å²) in [5.41, 5.74) is 11.4. The van der Waals surface area contributed by atoms with Gasteiger partial charge in [0, 0.05) is 30.1 Å². The third kappa shape index (κ3) is 2.05. The number of hydrogen-bond donors (Lipinski definition) is 1. The zero-order valence-electron chi connectivity index (χ0n) is 12.1. The average molecular weight is 244 g/mol. The lowest BCUT2D eigenvalue weighted by molar-refractivity contribution is 0.508. The van der Waals surface area contributed by atoms with Gasteiger partial charge in [0.1, 0.15) is 0 Å². The molecule has 18 heavy (non-hydrogen) atoms. The van der Waals surface area contributed by atoms with Crippen molar-refractivity contribution in [3.63, 3.8) is 0 Å². The normalized spacial score (nSPS) is 13.5. The van der Waals surface area contributed by atoms with Crippen LogP contribution in [0.25, 0.3) is 10.9 Å². The second kappa shape index (κ2) is 4.77. The van der Waals surface area contributed by atoms with E-state index in [0.29, 0.717) is 18.4 Å². The van der Waals surface area contributed by atoms with Gasteiger partial charge in [-0.25, -0.2) is 0 Å². The van der Waals surface area contributed by atoms with E-state index in [0.717, 1.165) is 0 Å². The molecule has 1 unspecified atom stereocenters. The Morgan fingerprint density at radius 2 is 1.89 bits per heavy atom. The molecule has 2 nitrogen and oxygen atoms in total. The summed E-state index contributed by atoms with van der Waals surface area (Å²) in [6.07, 6.45) is 2.26. The van der Waals surface area contributed by atoms with Crippen molar-refractivity contribution in [1.82, 2.24) is 4.57 Å². The van der Waals surface area contributed by atoms with Crippen LogP contribution in [-0.4, -0.2) is 11.1 Å². The summed E-state index contributed by atoms with van der Waals surface area (Å²) in [5, 5.41) is 1.40. The van der Waals surface area contributed by atoms with Crippen LogP contribution in [-0.2, 0) is 7.05 Å². The van der Waals surface area contributed by atoms with Crippen LogP contribution in [0, 0.1) is 19.8 Å². The summed E-state index contributed by atoms with van der Waals surface area (Å²) in [7, 11) is 2.12. The van der Waals surface area contributed by atoms with E-state index in [-0.39, 0.29) is 0 Å². The van der Waals surface area contributed by atoms with Crippen molar-refractivity contribution < 1.29 is 0 Å². The first-order valence-corrected chi connectivity index (χ1v) is 6.72. The van der Waals surface area contributed by atoms with Crippen molar-refractivity contribution in [2.75, 3.05) is 6.54 Å². The van der Waals surface area contributed by atoms with Crippen LogP contribution in [0.3, 0.4) is 0 Å². The van der Waals surface area contributed by atoms with Crippen LogP contribution in [0.1, 0.15) is 36.5 Å². The Morgan fingerprint density at radius 1 is 1.22 bits per heavy atom. The van der Waals surface area contributed by atoms with Crippen molar-refractivity contribution in [2.24, 2.45) is 18.7 Å². The van der Waals surface area contributed by atoms with Gasteiger partial charge in [0.2, 0.25) is 0 Å². The molecular weight excluding hydrogens is 220 g/mol. The maximum atomic E-state index is 5.98. The van der Waals surface area contributed by atoms with E-state index in [1.54, 1.807) is 0 Å². The highest BCUT2D eigenvalue weighted by Gasteiger charge is 2.20. The maximum Gasteiger partial charge on any atom is 0.0486 e. The number of aryl methyl sites for hydroxylation is 3. The number of aromatic nitrogens is 1. The Hall–Kier alpha value is -1.28. The van der Waals surface area contributed by atoms with Crippen LogP contribution in [0.2, 0.25) is 0 Å². The molecule has 1 aromatic heterocycles. The Kier molecular flexibility index (Phi) is 3.49. The lowest BCUT2D eigenvalue weighted by atomic mass is 9.87. The van der Waals surface area contributed by atoms with E-state index in [9.17, 15) is 0 Å². The van der Waals surface area contributed by atoms with Crippen LogP contribution in [0.4, 0.5) is 0 Å². The summed E-state index contributed by atoms with van der Waals surface area (Å²) in [4.78, 5) is 0. The first kappa shape index (κ1) is 13.2. The van der Waals surface area contributed by atoms with Gasteiger partial charge in [-0.3, -0.25) is 0 Å². The molecule has 2 N–H and O–H groups in total. The molecule has 0 saturated heterocycles.